The van der Waals surface area contributed by atoms with E-state index < -0.39 is 11.4 Å². The zero-order chi connectivity index (χ0) is 15.5. The summed E-state index contributed by atoms with van der Waals surface area (Å²) in [4.78, 5) is 12.2. The summed E-state index contributed by atoms with van der Waals surface area (Å²) in [5.74, 6) is -0.400. The van der Waals surface area contributed by atoms with Gasteiger partial charge in [-0.2, -0.15) is 0 Å². The summed E-state index contributed by atoms with van der Waals surface area (Å²) in [6.45, 7) is 1.94. The Balaban J connectivity index is 2.49. The molecule has 0 spiro atoms. The van der Waals surface area contributed by atoms with Gasteiger partial charge in [-0.1, -0.05) is 57.0 Å². The molecule has 5 heteroatoms. The summed E-state index contributed by atoms with van der Waals surface area (Å²) in [5, 5.41) is 3.30. The number of hydrogen-bond acceptors (Lipinski definition) is 2. The van der Waals surface area contributed by atoms with Gasteiger partial charge in [0.05, 0.1) is 0 Å². The predicted octanol–water partition coefficient (Wildman–Crippen LogP) is 4.41. The van der Waals surface area contributed by atoms with Crippen molar-refractivity contribution in [2.24, 2.45) is 5.73 Å². The summed E-state index contributed by atoms with van der Waals surface area (Å²) in [5.41, 5.74) is 6.46. The molecule has 0 aliphatic carbocycles. The van der Waals surface area contributed by atoms with Crippen LogP contribution in [0.15, 0.2) is 57.5 Å². The zero-order valence-electron chi connectivity index (χ0n) is 11.6. The highest BCUT2D eigenvalue weighted by atomic mass is 79.9. The maximum absolute atomic E-state index is 12.2. The Labute approximate surface area is 141 Å². The van der Waals surface area contributed by atoms with Crippen LogP contribution in [0.25, 0.3) is 0 Å². The van der Waals surface area contributed by atoms with E-state index in [1.165, 1.54) is 0 Å². The van der Waals surface area contributed by atoms with Gasteiger partial charge in [-0.25, -0.2) is 0 Å². The van der Waals surface area contributed by atoms with Gasteiger partial charge in [-0.05, 0) is 42.3 Å². The number of carbonyl (C=O) groups excluding carboxylic acids is 1. The van der Waals surface area contributed by atoms with Crippen LogP contribution in [0.2, 0.25) is 0 Å². The van der Waals surface area contributed by atoms with Gasteiger partial charge in [0, 0.05) is 14.6 Å². The van der Waals surface area contributed by atoms with Crippen LogP contribution in [0.4, 0.5) is 5.69 Å². The zero-order valence-corrected chi connectivity index (χ0v) is 14.7. The minimum atomic E-state index is -0.940. The molecule has 21 heavy (non-hydrogen) atoms. The van der Waals surface area contributed by atoms with Crippen molar-refractivity contribution in [2.45, 2.75) is 18.9 Å². The quantitative estimate of drug-likeness (QED) is 0.765. The molecule has 0 radical (unpaired) electrons. The number of rotatable bonds is 5. The third-order valence-corrected chi connectivity index (χ3v) is 4.44. The number of nitrogens with two attached hydrogens (primary N) is 1. The standard InChI is InChI=1S/C16H16Br2N2O/c1-2-16(15(19)21,11-5-3-6-12(17)9-11)20-14-8-4-7-13(18)10-14/h3-10,20H,2H2,1H3,(H2,19,21). The van der Waals surface area contributed by atoms with E-state index in [1.807, 2.05) is 55.5 Å². The highest BCUT2D eigenvalue weighted by Gasteiger charge is 2.36. The van der Waals surface area contributed by atoms with E-state index in [4.69, 9.17) is 5.73 Å². The average Bonchev–Trinajstić information content (AvgIpc) is 2.44. The molecule has 0 aliphatic rings. The van der Waals surface area contributed by atoms with Crippen LogP contribution in [-0.2, 0) is 10.3 Å². The van der Waals surface area contributed by atoms with Gasteiger partial charge in [-0.3, -0.25) is 4.79 Å². The number of hydrogen-bond donors (Lipinski definition) is 2. The second-order valence-electron chi connectivity index (χ2n) is 4.77. The number of amides is 1. The van der Waals surface area contributed by atoms with Crippen molar-refractivity contribution >= 4 is 43.5 Å². The highest BCUT2D eigenvalue weighted by Crippen LogP contribution is 2.32. The van der Waals surface area contributed by atoms with E-state index in [9.17, 15) is 4.79 Å². The van der Waals surface area contributed by atoms with Crippen molar-refractivity contribution in [3.05, 3.63) is 63.0 Å². The molecule has 0 bridgehead atoms. The van der Waals surface area contributed by atoms with E-state index in [-0.39, 0.29) is 0 Å². The molecular weight excluding hydrogens is 396 g/mol. The average molecular weight is 412 g/mol. The van der Waals surface area contributed by atoms with E-state index >= 15 is 0 Å². The van der Waals surface area contributed by atoms with Crippen molar-refractivity contribution in [1.82, 2.24) is 0 Å². The smallest absolute Gasteiger partial charge is 0.247 e. The monoisotopic (exact) mass is 410 g/mol. The van der Waals surface area contributed by atoms with Crippen molar-refractivity contribution in [2.75, 3.05) is 5.32 Å². The highest BCUT2D eigenvalue weighted by molar-refractivity contribution is 9.10. The second kappa shape index (κ2) is 6.62. The van der Waals surface area contributed by atoms with Gasteiger partial charge in [0.2, 0.25) is 5.91 Å². The normalized spacial score (nSPS) is 13.5. The second-order valence-corrected chi connectivity index (χ2v) is 6.60. The molecule has 2 rings (SSSR count). The molecule has 3 nitrogen and oxygen atoms in total. The lowest BCUT2D eigenvalue weighted by atomic mass is 9.86. The van der Waals surface area contributed by atoms with E-state index in [2.05, 4.69) is 37.2 Å². The summed E-state index contributed by atoms with van der Waals surface area (Å²) >= 11 is 6.88. The fourth-order valence-electron chi connectivity index (χ4n) is 2.31. The van der Waals surface area contributed by atoms with Crippen LogP contribution >= 0.6 is 31.9 Å². The molecule has 0 heterocycles. The Morgan fingerprint density at radius 2 is 1.76 bits per heavy atom. The molecule has 0 aliphatic heterocycles. The molecule has 2 aromatic carbocycles. The first-order chi connectivity index (χ1) is 9.98. The molecule has 0 saturated carbocycles. The van der Waals surface area contributed by atoms with Crippen molar-refractivity contribution in [3.8, 4) is 0 Å². The lowest BCUT2D eigenvalue weighted by Crippen LogP contribution is -2.47. The fraction of sp³-hybridized carbons (Fsp3) is 0.188. The lowest BCUT2D eigenvalue weighted by molar-refractivity contribution is -0.122. The minimum absolute atomic E-state index is 0.400. The largest absolute Gasteiger partial charge is 0.368 e. The summed E-state index contributed by atoms with van der Waals surface area (Å²) in [6.07, 6.45) is 0.547. The van der Waals surface area contributed by atoms with E-state index in [0.29, 0.717) is 6.42 Å². The summed E-state index contributed by atoms with van der Waals surface area (Å²) in [7, 11) is 0. The van der Waals surface area contributed by atoms with Gasteiger partial charge < -0.3 is 11.1 Å². The van der Waals surface area contributed by atoms with E-state index in [1.54, 1.807) is 0 Å². The SMILES string of the molecule is CCC(Nc1cccc(Br)c1)(C(N)=O)c1cccc(Br)c1. The first-order valence-electron chi connectivity index (χ1n) is 6.57. The Bertz CT molecular complexity index is 660. The molecule has 1 unspecified atom stereocenters. The van der Waals surface area contributed by atoms with Crippen molar-refractivity contribution in [3.63, 3.8) is 0 Å². The number of anilines is 1. The van der Waals surface area contributed by atoms with Crippen LogP contribution in [0.3, 0.4) is 0 Å². The Morgan fingerprint density at radius 1 is 1.14 bits per heavy atom. The maximum atomic E-state index is 12.2. The molecule has 1 atom stereocenters. The number of nitrogens with one attached hydrogen (secondary N) is 1. The molecule has 0 aromatic heterocycles. The molecule has 0 fully saturated rings. The first-order valence-corrected chi connectivity index (χ1v) is 8.16. The van der Waals surface area contributed by atoms with Crippen LogP contribution in [0.5, 0.6) is 0 Å². The topological polar surface area (TPSA) is 55.1 Å². The van der Waals surface area contributed by atoms with Crippen LogP contribution < -0.4 is 11.1 Å². The Morgan fingerprint density at radius 3 is 2.29 bits per heavy atom. The minimum Gasteiger partial charge on any atom is -0.368 e. The maximum Gasteiger partial charge on any atom is 0.247 e. The van der Waals surface area contributed by atoms with Gasteiger partial charge >= 0.3 is 0 Å². The Hall–Kier alpha value is -1.33. The molecule has 2 aromatic rings. The van der Waals surface area contributed by atoms with Gasteiger partial charge in [0.25, 0.3) is 0 Å². The number of benzene rings is 2. The van der Waals surface area contributed by atoms with Crippen LogP contribution in [-0.4, -0.2) is 5.91 Å². The summed E-state index contributed by atoms with van der Waals surface area (Å²) < 4.78 is 1.85. The third kappa shape index (κ3) is 3.47. The van der Waals surface area contributed by atoms with Gasteiger partial charge in [0.15, 0.2) is 0 Å². The predicted molar refractivity (Wildman–Crippen MR) is 93.1 cm³/mol. The van der Waals surface area contributed by atoms with Crippen LogP contribution in [0, 0.1) is 0 Å². The fourth-order valence-corrected chi connectivity index (χ4v) is 3.11. The van der Waals surface area contributed by atoms with Crippen molar-refractivity contribution in [1.29, 1.82) is 0 Å². The number of halogens is 2. The molecule has 0 saturated heterocycles. The van der Waals surface area contributed by atoms with E-state index in [0.717, 1.165) is 20.2 Å². The molecule has 110 valence electrons. The molecule has 1 amide bonds. The Kier molecular flexibility index (Phi) is 5.06. The molecular formula is C16H16Br2N2O. The van der Waals surface area contributed by atoms with Gasteiger partial charge in [0.1, 0.15) is 5.54 Å². The van der Waals surface area contributed by atoms with Crippen LogP contribution in [0.1, 0.15) is 18.9 Å². The lowest BCUT2D eigenvalue weighted by Gasteiger charge is -2.32. The number of carbonyl (C=O) groups is 1. The molecule has 3 N–H and O–H groups in total. The van der Waals surface area contributed by atoms with Crippen molar-refractivity contribution < 1.29 is 4.79 Å². The third-order valence-electron chi connectivity index (χ3n) is 3.45. The summed E-state index contributed by atoms with van der Waals surface area (Å²) in [6, 6.07) is 15.3. The first kappa shape index (κ1) is 16.0. The number of primary amides is 1. The van der Waals surface area contributed by atoms with Gasteiger partial charge in [-0.15, -0.1) is 0 Å².